The lowest BCUT2D eigenvalue weighted by molar-refractivity contribution is -0.146. The quantitative estimate of drug-likeness (QED) is 0.513. The summed E-state index contributed by atoms with van der Waals surface area (Å²) in [6.07, 6.45) is 0. The van der Waals surface area contributed by atoms with Gasteiger partial charge in [-0.15, -0.1) is 0 Å². The second-order valence-electron chi connectivity index (χ2n) is 3.61. The lowest BCUT2D eigenvalue weighted by Gasteiger charge is -2.21. The van der Waals surface area contributed by atoms with Gasteiger partial charge in [-0.25, -0.2) is 0 Å². The van der Waals surface area contributed by atoms with Gasteiger partial charge in [0.1, 0.15) is 0 Å². The highest BCUT2D eigenvalue weighted by atomic mass is 32.1. The summed E-state index contributed by atoms with van der Waals surface area (Å²) in [5.74, 6) is -0.347. The van der Waals surface area contributed by atoms with Gasteiger partial charge in [0.05, 0.1) is 18.5 Å². The van der Waals surface area contributed by atoms with Crippen molar-refractivity contribution in [2.75, 3.05) is 13.2 Å². The van der Waals surface area contributed by atoms with Crippen LogP contribution in [0.3, 0.4) is 0 Å². The molecule has 1 atom stereocenters. The van der Waals surface area contributed by atoms with Gasteiger partial charge in [-0.05, 0) is 6.92 Å². The van der Waals surface area contributed by atoms with E-state index in [0.717, 1.165) is 0 Å². The number of carbonyl (C=O) groups excluding carboxylic acids is 1. The first-order chi connectivity index (χ1) is 5.39. The molecule has 0 aliphatic rings. The van der Waals surface area contributed by atoms with Crippen LogP contribution < -0.4 is 0 Å². The van der Waals surface area contributed by atoms with E-state index in [2.05, 4.69) is 12.6 Å². The molecule has 0 saturated carbocycles. The minimum absolute atomic E-state index is 0.00122. The minimum atomic E-state index is -0.403. The van der Waals surface area contributed by atoms with Gasteiger partial charge in [0.15, 0.2) is 0 Å². The van der Waals surface area contributed by atoms with E-state index < -0.39 is 5.25 Å². The normalized spacial score (nSPS) is 14.1. The van der Waals surface area contributed by atoms with Crippen LogP contribution in [0.5, 0.6) is 0 Å². The number of thiol groups is 1. The van der Waals surface area contributed by atoms with Gasteiger partial charge in [0.25, 0.3) is 0 Å². The molecule has 0 aromatic carbocycles. The Hall–Kier alpha value is -0.220. The van der Waals surface area contributed by atoms with Crippen molar-refractivity contribution in [2.45, 2.75) is 26.0 Å². The highest BCUT2D eigenvalue weighted by Crippen LogP contribution is 2.14. The van der Waals surface area contributed by atoms with E-state index in [-0.39, 0.29) is 24.6 Å². The molecule has 12 heavy (non-hydrogen) atoms. The monoisotopic (exact) mass is 192 g/mol. The number of carbonyl (C=O) groups is 1. The van der Waals surface area contributed by atoms with E-state index in [1.54, 1.807) is 6.92 Å². The van der Waals surface area contributed by atoms with Crippen LogP contribution in [0.15, 0.2) is 0 Å². The van der Waals surface area contributed by atoms with E-state index in [0.29, 0.717) is 0 Å². The summed E-state index contributed by atoms with van der Waals surface area (Å²) in [5.41, 5.74) is -0.363. The Kier molecular flexibility index (Phi) is 4.63. The van der Waals surface area contributed by atoms with E-state index in [1.165, 1.54) is 0 Å². The van der Waals surface area contributed by atoms with Crippen LogP contribution in [0.4, 0.5) is 0 Å². The van der Waals surface area contributed by atoms with Gasteiger partial charge in [0.2, 0.25) is 0 Å². The minimum Gasteiger partial charge on any atom is -0.464 e. The van der Waals surface area contributed by atoms with Crippen LogP contribution in [0, 0.1) is 5.41 Å². The molecule has 4 heteroatoms. The molecule has 0 saturated heterocycles. The molecule has 0 aromatic rings. The smallest absolute Gasteiger partial charge is 0.318 e. The predicted molar refractivity (Wildman–Crippen MR) is 50.3 cm³/mol. The molecule has 0 bridgehead atoms. The van der Waals surface area contributed by atoms with E-state index in [1.807, 2.05) is 13.8 Å². The summed E-state index contributed by atoms with van der Waals surface area (Å²) >= 11 is 3.91. The fourth-order valence-electron chi connectivity index (χ4n) is 0.433. The number of esters is 1. The second-order valence-corrected chi connectivity index (χ2v) is 4.38. The topological polar surface area (TPSA) is 46.5 Å². The Bertz CT molecular complexity index is 154. The van der Waals surface area contributed by atoms with E-state index in [4.69, 9.17) is 9.84 Å². The zero-order valence-corrected chi connectivity index (χ0v) is 8.60. The van der Waals surface area contributed by atoms with Crippen molar-refractivity contribution in [3.63, 3.8) is 0 Å². The molecule has 0 heterocycles. The number of hydrogen-bond donors (Lipinski definition) is 2. The molecule has 0 spiro atoms. The summed E-state index contributed by atoms with van der Waals surface area (Å²) in [6.45, 7) is 5.53. The third-order valence-corrected chi connectivity index (χ3v) is 1.59. The van der Waals surface area contributed by atoms with Crippen molar-refractivity contribution in [2.24, 2.45) is 5.41 Å². The largest absolute Gasteiger partial charge is 0.464 e. The first-order valence-electron chi connectivity index (χ1n) is 3.84. The molecule has 0 radical (unpaired) electrons. The predicted octanol–water partition coefficient (Wildman–Crippen LogP) is 0.866. The van der Waals surface area contributed by atoms with Crippen LogP contribution in [0.1, 0.15) is 20.8 Å². The van der Waals surface area contributed by atoms with Crippen molar-refractivity contribution >= 4 is 18.6 Å². The fourth-order valence-corrected chi connectivity index (χ4v) is 0.507. The number of aliphatic hydroxyl groups excluding tert-OH is 1. The Morgan fingerprint density at radius 1 is 1.67 bits per heavy atom. The summed E-state index contributed by atoms with van der Waals surface area (Å²) in [4.78, 5) is 10.9. The number of rotatable bonds is 4. The molecule has 1 unspecified atom stereocenters. The average Bonchev–Trinajstić information content (AvgIpc) is 2.00. The fraction of sp³-hybridized carbons (Fsp3) is 0.875. The maximum atomic E-state index is 10.9. The number of hydrogen-bond acceptors (Lipinski definition) is 4. The van der Waals surface area contributed by atoms with Crippen LogP contribution in [-0.4, -0.2) is 29.5 Å². The van der Waals surface area contributed by atoms with Gasteiger partial charge in [-0.1, -0.05) is 13.8 Å². The Morgan fingerprint density at radius 2 is 2.17 bits per heavy atom. The molecule has 0 aromatic heterocycles. The summed E-state index contributed by atoms with van der Waals surface area (Å²) in [7, 11) is 0. The molecule has 3 nitrogen and oxygen atoms in total. The first-order valence-corrected chi connectivity index (χ1v) is 4.36. The summed E-state index contributed by atoms with van der Waals surface area (Å²) in [6, 6.07) is 0. The standard InChI is InChI=1S/C8H16O3S/c1-6(12)7(10)11-5-8(2,3)4-9/h6,9,12H,4-5H2,1-3H3. The molecular weight excluding hydrogens is 176 g/mol. The van der Waals surface area contributed by atoms with Gasteiger partial charge in [-0.2, -0.15) is 12.6 Å². The van der Waals surface area contributed by atoms with Crippen molar-refractivity contribution in [1.29, 1.82) is 0 Å². The molecule has 0 aliphatic carbocycles. The van der Waals surface area contributed by atoms with Crippen LogP contribution in [0.25, 0.3) is 0 Å². The Labute approximate surface area is 78.5 Å². The Balaban J connectivity index is 3.76. The van der Waals surface area contributed by atoms with Crippen LogP contribution in [-0.2, 0) is 9.53 Å². The van der Waals surface area contributed by atoms with Crippen molar-refractivity contribution in [1.82, 2.24) is 0 Å². The van der Waals surface area contributed by atoms with Crippen molar-refractivity contribution in [3.05, 3.63) is 0 Å². The zero-order valence-electron chi connectivity index (χ0n) is 7.70. The van der Waals surface area contributed by atoms with Gasteiger partial charge < -0.3 is 9.84 Å². The first kappa shape index (κ1) is 11.8. The molecular formula is C8H16O3S. The molecule has 0 aliphatic heterocycles. The lowest BCUT2D eigenvalue weighted by atomic mass is 9.97. The molecule has 72 valence electrons. The lowest BCUT2D eigenvalue weighted by Crippen LogP contribution is -2.27. The molecule has 0 amide bonds. The van der Waals surface area contributed by atoms with Crippen LogP contribution in [0.2, 0.25) is 0 Å². The molecule has 1 N–H and O–H groups in total. The number of aliphatic hydroxyl groups is 1. The second kappa shape index (κ2) is 4.72. The zero-order chi connectivity index (χ0) is 9.78. The third-order valence-electron chi connectivity index (χ3n) is 1.37. The van der Waals surface area contributed by atoms with Crippen molar-refractivity contribution < 1.29 is 14.6 Å². The maximum absolute atomic E-state index is 10.9. The van der Waals surface area contributed by atoms with E-state index in [9.17, 15) is 4.79 Å². The SMILES string of the molecule is CC(S)C(=O)OCC(C)(C)CO. The van der Waals surface area contributed by atoms with Crippen molar-refractivity contribution in [3.8, 4) is 0 Å². The van der Waals surface area contributed by atoms with Gasteiger partial charge in [0, 0.05) is 5.41 Å². The van der Waals surface area contributed by atoms with Gasteiger partial charge >= 0.3 is 5.97 Å². The van der Waals surface area contributed by atoms with Crippen LogP contribution >= 0.6 is 12.6 Å². The average molecular weight is 192 g/mol. The summed E-state index contributed by atoms with van der Waals surface area (Å²) < 4.78 is 4.88. The number of ether oxygens (including phenoxy) is 1. The third kappa shape index (κ3) is 4.62. The van der Waals surface area contributed by atoms with Gasteiger partial charge in [-0.3, -0.25) is 4.79 Å². The highest BCUT2D eigenvalue weighted by molar-refractivity contribution is 7.81. The molecule has 0 rings (SSSR count). The molecule has 0 fully saturated rings. The van der Waals surface area contributed by atoms with E-state index >= 15 is 0 Å². The Morgan fingerprint density at radius 3 is 2.50 bits per heavy atom. The highest BCUT2D eigenvalue weighted by Gasteiger charge is 2.20. The summed E-state index contributed by atoms with van der Waals surface area (Å²) in [5, 5.41) is 8.43. The maximum Gasteiger partial charge on any atom is 0.318 e.